The number of fused-ring (bicyclic) bond motifs is 5. The summed E-state index contributed by atoms with van der Waals surface area (Å²) in [6.45, 7) is 15.5. The van der Waals surface area contributed by atoms with E-state index in [0.717, 1.165) is 25.2 Å². The summed E-state index contributed by atoms with van der Waals surface area (Å²) in [5.41, 5.74) is 2.10. The molecule has 0 aromatic rings. The summed E-state index contributed by atoms with van der Waals surface area (Å²) in [4.78, 5) is 27.3. The summed E-state index contributed by atoms with van der Waals surface area (Å²) in [7, 11) is 0. The van der Waals surface area contributed by atoms with Crippen molar-refractivity contribution in [2.45, 2.75) is 137 Å². The zero-order chi connectivity index (χ0) is 33.1. The van der Waals surface area contributed by atoms with E-state index in [4.69, 9.17) is 9.47 Å². The monoisotopic (exact) mass is 632 g/mol. The number of allylic oxidation sites excluding steroid dienone is 2. The lowest BCUT2D eigenvalue weighted by Crippen LogP contribution is -2.59. The van der Waals surface area contributed by atoms with Gasteiger partial charge in [-0.3, -0.25) is 9.59 Å². The zero-order valence-electron chi connectivity index (χ0n) is 28.7. The maximum atomic E-state index is 13.7. The molecule has 4 aliphatic carbocycles. The number of aliphatic hydroxyl groups excluding tert-OH is 4. The third-order valence-corrected chi connectivity index (χ3v) is 13.5. The Morgan fingerprint density at radius 2 is 1.76 bits per heavy atom. The molecule has 14 atom stereocenters. The Balaban J connectivity index is 1.18. The van der Waals surface area contributed by atoms with Crippen LogP contribution in [0.25, 0.3) is 0 Å². The lowest BCUT2D eigenvalue weighted by atomic mass is 9.46. The first-order chi connectivity index (χ1) is 21.0. The Labute approximate surface area is 270 Å². The zero-order valence-corrected chi connectivity index (χ0v) is 28.7. The molecule has 1 aliphatic heterocycles. The van der Waals surface area contributed by atoms with E-state index in [1.54, 1.807) is 5.57 Å². The van der Waals surface area contributed by atoms with Crippen molar-refractivity contribution in [3.05, 3.63) is 11.6 Å². The fraction of sp³-hybridized carbons (Fsp3) is 0.892. The van der Waals surface area contributed by atoms with Gasteiger partial charge in [-0.05, 0) is 90.8 Å². The van der Waals surface area contributed by atoms with Crippen LogP contribution >= 0.6 is 0 Å². The van der Waals surface area contributed by atoms with Crippen molar-refractivity contribution < 1.29 is 39.5 Å². The third-order valence-electron chi connectivity index (χ3n) is 13.5. The topological polar surface area (TPSA) is 134 Å². The van der Waals surface area contributed by atoms with Gasteiger partial charge in [0.15, 0.2) is 6.29 Å². The highest BCUT2D eigenvalue weighted by molar-refractivity contribution is 5.92. The molecule has 8 nitrogen and oxygen atoms in total. The van der Waals surface area contributed by atoms with Crippen LogP contribution in [0.4, 0.5) is 0 Å². The van der Waals surface area contributed by atoms with Crippen molar-refractivity contribution in [1.82, 2.24) is 0 Å². The molecule has 5 aliphatic rings. The van der Waals surface area contributed by atoms with Gasteiger partial charge in [-0.15, -0.1) is 0 Å². The first-order valence-corrected chi connectivity index (χ1v) is 17.7. The van der Waals surface area contributed by atoms with E-state index in [2.05, 4.69) is 40.7 Å². The number of rotatable bonds is 9. The van der Waals surface area contributed by atoms with Gasteiger partial charge in [0.1, 0.15) is 36.0 Å². The van der Waals surface area contributed by atoms with Gasteiger partial charge in [0, 0.05) is 24.7 Å². The van der Waals surface area contributed by atoms with Gasteiger partial charge in [-0.25, -0.2) is 0 Å². The van der Waals surface area contributed by atoms with Crippen molar-refractivity contribution in [2.24, 2.45) is 57.7 Å². The maximum Gasteiger partial charge on any atom is 0.186 e. The van der Waals surface area contributed by atoms with E-state index in [1.165, 1.54) is 19.3 Å². The first kappa shape index (κ1) is 35.2. The van der Waals surface area contributed by atoms with Crippen molar-refractivity contribution in [3.8, 4) is 0 Å². The van der Waals surface area contributed by atoms with Crippen LogP contribution in [0.3, 0.4) is 0 Å². The Bertz CT molecular complexity index is 1130. The molecule has 8 heteroatoms. The molecule has 256 valence electrons. The number of aliphatic hydroxyl groups is 4. The molecule has 0 aromatic carbocycles. The van der Waals surface area contributed by atoms with Crippen LogP contribution in [0, 0.1) is 57.7 Å². The summed E-state index contributed by atoms with van der Waals surface area (Å²) in [6.07, 6.45) is 4.48. The number of carbonyl (C=O) groups is 2. The summed E-state index contributed by atoms with van der Waals surface area (Å²) < 4.78 is 11.1. The van der Waals surface area contributed by atoms with Crippen molar-refractivity contribution in [2.75, 3.05) is 13.2 Å². The molecule has 0 aromatic heterocycles. The Morgan fingerprint density at radius 3 is 2.42 bits per heavy atom. The standard InChI is InChI=1S/C37H60O8/c1-20(19-44-34-33(43)32(42)31(41)29(18-38)45-34)8-11-27(39)21(2)30-28(40)17-26-24-10-9-23-16-22(35(3,4)5)12-14-36(23,6)25(24)13-15-37(26,30)7/h9,20-22,24-26,29-34,38,41-43H,8,10-19H2,1-7H3/t20-,21-,22?,24-,25+,26+,29?,30+,31-,32?,33+,34-,36+,37+/m1/s1. The highest BCUT2D eigenvalue weighted by Gasteiger charge is 2.62. The average molecular weight is 633 g/mol. The molecule has 3 unspecified atom stereocenters. The second-order valence-corrected chi connectivity index (χ2v) is 17.2. The molecule has 4 N–H and O–H groups in total. The predicted molar refractivity (Wildman–Crippen MR) is 171 cm³/mol. The minimum atomic E-state index is -1.49. The molecule has 3 saturated carbocycles. The number of carbonyl (C=O) groups excluding carboxylic acids is 2. The number of ketones is 2. The molecule has 5 rings (SSSR count). The van der Waals surface area contributed by atoms with Crippen LogP contribution in [-0.4, -0.2) is 75.9 Å². The number of Topliss-reactive ketones (excluding diaryl/α,β-unsaturated/α-hetero) is 2. The fourth-order valence-corrected chi connectivity index (χ4v) is 10.4. The summed E-state index contributed by atoms with van der Waals surface area (Å²) in [5.74, 6) is 2.01. The summed E-state index contributed by atoms with van der Waals surface area (Å²) in [5, 5.41) is 39.6. The number of hydrogen-bond donors (Lipinski definition) is 4. The average Bonchev–Trinajstić information content (AvgIpc) is 3.26. The van der Waals surface area contributed by atoms with Gasteiger partial charge < -0.3 is 29.9 Å². The van der Waals surface area contributed by atoms with Crippen LogP contribution in [0.5, 0.6) is 0 Å². The van der Waals surface area contributed by atoms with E-state index in [1.807, 2.05) is 13.8 Å². The second kappa shape index (κ2) is 13.0. The predicted octanol–water partition coefficient (Wildman–Crippen LogP) is 4.84. The van der Waals surface area contributed by atoms with E-state index in [-0.39, 0.29) is 46.8 Å². The second-order valence-electron chi connectivity index (χ2n) is 17.2. The van der Waals surface area contributed by atoms with Crippen molar-refractivity contribution in [3.63, 3.8) is 0 Å². The SMILES string of the molecule is C[C@H](CCC(=O)[C@@H](C)[C@H]1C(=O)C[C@H]2[C@@H]3CC=C4CC(C(C)(C)C)CC[C@]4(C)[C@H]3CC[C@]12C)CO[C@@H]1OC(CO)[C@@H](O)C(O)[C@@H]1O. The normalized spacial score (nSPS) is 44.8. The molecule has 1 saturated heterocycles. The van der Waals surface area contributed by atoms with Crippen molar-refractivity contribution in [1.29, 1.82) is 0 Å². The molecular weight excluding hydrogens is 572 g/mol. The Morgan fingerprint density at radius 1 is 1.04 bits per heavy atom. The van der Waals surface area contributed by atoms with Gasteiger partial charge in [0.25, 0.3) is 0 Å². The highest BCUT2D eigenvalue weighted by atomic mass is 16.7. The van der Waals surface area contributed by atoms with Crippen LogP contribution in [0.15, 0.2) is 11.6 Å². The highest BCUT2D eigenvalue weighted by Crippen LogP contribution is 2.67. The van der Waals surface area contributed by atoms with Gasteiger partial charge in [-0.2, -0.15) is 0 Å². The molecule has 0 amide bonds. The molecule has 45 heavy (non-hydrogen) atoms. The minimum Gasteiger partial charge on any atom is -0.394 e. The number of hydrogen-bond acceptors (Lipinski definition) is 8. The van der Waals surface area contributed by atoms with Gasteiger partial charge in [-0.1, -0.05) is 60.1 Å². The molecule has 0 spiro atoms. The smallest absolute Gasteiger partial charge is 0.186 e. The first-order valence-electron chi connectivity index (χ1n) is 17.7. The maximum absolute atomic E-state index is 13.7. The Kier molecular flexibility index (Phi) is 10.2. The van der Waals surface area contributed by atoms with Crippen LogP contribution in [-0.2, 0) is 19.1 Å². The van der Waals surface area contributed by atoms with Crippen LogP contribution in [0.1, 0.15) is 106 Å². The molecule has 0 radical (unpaired) electrons. The summed E-state index contributed by atoms with van der Waals surface area (Å²) in [6, 6.07) is 0. The van der Waals surface area contributed by atoms with Gasteiger partial charge in [0.05, 0.1) is 13.2 Å². The van der Waals surface area contributed by atoms with E-state index in [0.29, 0.717) is 42.4 Å². The fourth-order valence-electron chi connectivity index (χ4n) is 10.4. The number of ether oxygens (including phenoxy) is 2. The van der Waals surface area contributed by atoms with Crippen molar-refractivity contribution >= 4 is 11.6 Å². The molecule has 0 bridgehead atoms. The van der Waals surface area contributed by atoms with Crippen LogP contribution in [0.2, 0.25) is 0 Å². The van der Waals surface area contributed by atoms with E-state index >= 15 is 0 Å². The molecule has 4 fully saturated rings. The lowest BCUT2D eigenvalue weighted by molar-refractivity contribution is -0.303. The lowest BCUT2D eigenvalue weighted by Gasteiger charge is -2.59. The summed E-state index contributed by atoms with van der Waals surface area (Å²) >= 11 is 0. The molecular formula is C37H60O8. The quantitative estimate of drug-likeness (QED) is 0.265. The van der Waals surface area contributed by atoms with E-state index in [9.17, 15) is 30.0 Å². The van der Waals surface area contributed by atoms with Gasteiger partial charge >= 0.3 is 0 Å². The Hall–Kier alpha value is -1.16. The van der Waals surface area contributed by atoms with Crippen LogP contribution < -0.4 is 0 Å². The largest absolute Gasteiger partial charge is 0.394 e. The minimum absolute atomic E-state index is 0.0380. The van der Waals surface area contributed by atoms with Gasteiger partial charge in [0.2, 0.25) is 0 Å². The third kappa shape index (κ3) is 6.38. The molecule has 1 heterocycles. The van der Waals surface area contributed by atoms with E-state index < -0.39 is 37.3 Å².